The highest BCUT2D eigenvalue weighted by Crippen LogP contribution is 2.43. The first-order chi connectivity index (χ1) is 33.2. The molecule has 0 saturated carbocycles. The van der Waals surface area contributed by atoms with Crippen molar-refractivity contribution in [3.8, 4) is 45.5 Å². The van der Waals surface area contributed by atoms with E-state index in [1.807, 2.05) is 12.1 Å². The van der Waals surface area contributed by atoms with E-state index in [1.165, 1.54) is 43.4 Å². The second kappa shape index (κ2) is 13.7. The van der Waals surface area contributed by atoms with Crippen LogP contribution in [0.25, 0.3) is 143 Å². The van der Waals surface area contributed by atoms with Crippen molar-refractivity contribution >= 4 is 97.9 Å². The molecule has 15 aromatic rings. The monoisotopic (exact) mass is 853 g/mol. The lowest BCUT2D eigenvalue weighted by Crippen LogP contribution is -2.06. The van der Waals surface area contributed by atoms with Crippen molar-refractivity contribution in [3.05, 3.63) is 212 Å². The van der Waals surface area contributed by atoms with E-state index in [1.54, 1.807) is 0 Å². The Kier molecular flexibility index (Phi) is 7.40. The molecule has 67 heavy (non-hydrogen) atoms. The fraction of sp³-hybridized carbons (Fsp3) is 0. The first-order valence-corrected chi connectivity index (χ1v) is 22.7. The van der Waals surface area contributed by atoms with Gasteiger partial charge in [-0.15, -0.1) is 0 Å². The van der Waals surface area contributed by atoms with Gasteiger partial charge in [-0.05, 0) is 116 Å². The number of hydrogen-bond acceptors (Lipinski definition) is 4. The summed E-state index contributed by atoms with van der Waals surface area (Å²) in [5, 5.41) is 14.1. The minimum atomic E-state index is 0.568. The molecule has 6 nitrogen and oxygen atoms in total. The van der Waals surface area contributed by atoms with Gasteiger partial charge >= 0.3 is 0 Å². The van der Waals surface area contributed by atoms with Gasteiger partial charge in [-0.2, -0.15) is 9.97 Å². The van der Waals surface area contributed by atoms with Gasteiger partial charge in [0.25, 0.3) is 0 Å². The largest absolute Gasteiger partial charge is 0.456 e. The second-order valence-electron chi connectivity index (χ2n) is 17.6. The summed E-state index contributed by atoms with van der Waals surface area (Å²) in [5.74, 6) is 1.81. The predicted octanol–water partition coefficient (Wildman–Crippen LogP) is 15.9. The quantitative estimate of drug-likeness (QED) is 0.162. The van der Waals surface area contributed by atoms with Gasteiger partial charge in [0.1, 0.15) is 11.2 Å². The fourth-order valence-corrected chi connectivity index (χ4v) is 10.7. The summed E-state index contributed by atoms with van der Waals surface area (Å²) in [6.07, 6.45) is 0. The van der Waals surface area contributed by atoms with Gasteiger partial charge in [0.2, 0.25) is 5.95 Å². The van der Waals surface area contributed by atoms with E-state index in [9.17, 15) is 0 Å². The van der Waals surface area contributed by atoms with Crippen LogP contribution in [-0.4, -0.2) is 24.1 Å². The van der Waals surface area contributed by atoms with Gasteiger partial charge in [-0.3, -0.25) is 4.57 Å². The summed E-state index contributed by atoms with van der Waals surface area (Å²) in [5.41, 5.74) is 11.4. The molecule has 0 fully saturated rings. The molecule has 11 aromatic carbocycles. The molecule has 4 heterocycles. The number of nitrogens with zero attached hydrogens (tertiary/aromatic N) is 5. The molecule has 0 bridgehead atoms. The Morgan fingerprint density at radius 3 is 1.67 bits per heavy atom. The highest BCUT2D eigenvalue weighted by molar-refractivity contribution is 6.25. The first-order valence-electron chi connectivity index (χ1n) is 22.7. The third-order valence-electron chi connectivity index (χ3n) is 13.9. The lowest BCUT2D eigenvalue weighted by molar-refractivity contribution is 0.669. The van der Waals surface area contributed by atoms with E-state index in [-0.39, 0.29) is 0 Å². The minimum Gasteiger partial charge on any atom is -0.456 e. The number of rotatable bonds is 5. The van der Waals surface area contributed by atoms with Crippen LogP contribution in [0.2, 0.25) is 0 Å². The third-order valence-corrected chi connectivity index (χ3v) is 13.9. The van der Waals surface area contributed by atoms with Gasteiger partial charge in [-0.1, -0.05) is 140 Å². The Morgan fingerprint density at radius 2 is 0.881 bits per heavy atom. The summed E-state index contributed by atoms with van der Waals surface area (Å²) in [4.78, 5) is 15.8. The van der Waals surface area contributed by atoms with Gasteiger partial charge in [-0.25, -0.2) is 4.98 Å². The summed E-state index contributed by atoms with van der Waals surface area (Å²) in [7, 11) is 0. The molecule has 0 aliphatic rings. The number of hydrogen-bond donors (Lipinski definition) is 0. The topological polar surface area (TPSA) is 61.7 Å². The number of para-hydroxylation sites is 2. The molecule has 4 aromatic heterocycles. The highest BCUT2D eigenvalue weighted by atomic mass is 16.3. The molecule has 0 saturated heterocycles. The molecule has 0 spiro atoms. The Balaban J connectivity index is 0.937. The van der Waals surface area contributed by atoms with Crippen molar-refractivity contribution in [1.29, 1.82) is 0 Å². The summed E-state index contributed by atoms with van der Waals surface area (Å²) < 4.78 is 10.9. The molecule has 310 valence electrons. The Labute approximate surface area is 382 Å². The molecule has 0 atom stereocenters. The Hall–Kier alpha value is -9.13. The van der Waals surface area contributed by atoms with E-state index in [4.69, 9.17) is 19.4 Å². The van der Waals surface area contributed by atoms with Crippen LogP contribution >= 0.6 is 0 Å². The second-order valence-corrected chi connectivity index (χ2v) is 17.6. The standard InChI is InChI=1S/C61H35N5O/c1-3-12-39-30-43(24-20-36(39)10-1)59-62-60(44-25-21-37-11-2-4-13-40(37)31-44)64-61(63-59)66-51-17-7-5-15-47(51)49-33-41(26-28-52(49)66)45-32-42-23-22-38-14-9-18-53-57(38)58(42)54(34-45)65(53)46-27-29-56-50(35-46)48-16-6-8-19-55(48)67-56/h1-35H. The van der Waals surface area contributed by atoms with Gasteiger partial charge in [0.15, 0.2) is 11.6 Å². The van der Waals surface area contributed by atoms with Crippen molar-refractivity contribution in [2.24, 2.45) is 0 Å². The van der Waals surface area contributed by atoms with Gasteiger partial charge in [0, 0.05) is 49.1 Å². The molecule has 0 aliphatic carbocycles. The maximum absolute atomic E-state index is 6.27. The highest BCUT2D eigenvalue weighted by Gasteiger charge is 2.22. The zero-order chi connectivity index (χ0) is 43.7. The van der Waals surface area contributed by atoms with Crippen LogP contribution in [0, 0.1) is 0 Å². The van der Waals surface area contributed by atoms with Crippen molar-refractivity contribution < 1.29 is 4.42 Å². The van der Waals surface area contributed by atoms with Gasteiger partial charge in [0.05, 0.1) is 22.1 Å². The summed E-state index contributed by atoms with van der Waals surface area (Å²) >= 11 is 0. The molecular weight excluding hydrogens is 819 g/mol. The molecule has 0 amide bonds. The molecule has 0 aliphatic heterocycles. The zero-order valence-electron chi connectivity index (χ0n) is 35.9. The molecular formula is C61H35N5O. The SMILES string of the molecule is c1ccc2cc(-c3nc(-c4ccc5ccccc5c4)nc(-n4c5ccccc5c5cc(-c6cc7ccc8cccc9c8c7c(c6)n9-c6ccc7oc8ccccc8c7c6)ccc54)n3)ccc2c1. The zero-order valence-corrected chi connectivity index (χ0v) is 35.9. The molecule has 0 N–H and O–H groups in total. The average molecular weight is 854 g/mol. The lowest BCUT2D eigenvalue weighted by atomic mass is 9.96. The third kappa shape index (κ3) is 5.41. The van der Waals surface area contributed by atoms with Crippen LogP contribution in [0.15, 0.2) is 217 Å². The van der Waals surface area contributed by atoms with Crippen LogP contribution < -0.4 is 0 Å². The van der Waals surface area contributed by atoms with Crippen LogP contribution in [-0.2, 0) is 0 Å². The van der Waals surface area contributed by atoms with Crippen molar-refractivity contribution in [3.63, 3.8) is 0 Å². The smallest absolute Gasteiger partial charge is 0.238 e. The maximum atomic E-state index is 6.27. The first kappa shape index (κ1) is 36.2. The van der Waals surface area contributed by atoms with E-state index in [2.05, 4.69) is 209 Å². The van der Waals surface area contributed by atoms with Crippen molar-refractivity contribution in [2.45, 2.75) is 0 Å². The average Bonchev–Trinajstić information content (AvgIpc) is 4.05. The van der Waals surface area contributed by atoms with Crippen molar-refractivity contribution in [2.75, 3.05) is 0 Å². The Bertz CT molecular complexity index is 4440. The minimum absolute atomic E-state index is 0.568. The molecule has 0 unspecified atom stereocenters. The van der Waals surface area contributed by atoms with Crippen molar-refractivity contribution in [1.82, 2.24) is 24.1 Å². The fourth-order valence-electron chi connectivity index (χ4n) is 10.7. The lowest BCUT2D eigenvalue weighted by Gasteiger charge is -2.12. The van der Waals surface area contributed by atoms with Gasteiger partial charge < -0.3 is 8.98 Å². The summed E-state index contributed by atoms with van der Waals surface area (Å²) in [6.45, 7) is 0. The number of benzene rings is 11. The maximum Gasteiger partial charge on any atom is 0.238 e. The normalized spacial score (nSPS) is 12.2. The number of fused-ring (bicyclic) bond motifs is 8. The number of aromatic nitrogens is 5. The van der Waals surface area contributed by atoms with Crippen LogP contribution in [0.4, 0.5) is 0 Å². The van der Waals surface area contributed by atoms with E-state index >= 15 is 0 Å². The van der Waals surface area contributed by atoms with Crippen LogP contribution in [0.1, 0.15) is 0 Å². The number of furan rings is 1. The van der Waals surface area contributed by atoms with E-state index in [0.29, 0.717) is 17.6 Å². The summed E-state index contributed by atoms with van der Waals surface area (Å²) in [6, 6.07) is 75.8. The Morgan fingerprint density at radius 1 is 0.299 bits per heavy atom. The molecule has 0 radical (unpaired) electrons. The molecule has 15 rings (SSSR count). The van der Waals surface area contributed by atoms with Crippen LogP contribution in [0.5, 0.6) is 0 Å². The van der Waals surface area contributed by atoms with E-state index in [0.717, 1.165) is 82.5 Å². The van der Waals surface area contributed by atoms with E-state index < -0.39 is 0 Å². The predicted molar refractivity (Wildman–Crippen MR) is 276 cm³/mol. The molecule has 6 heteroatoms. The van der Waals surface area contributed by atoms with Crippen LogP contribution in [0.3, 0.4) is 0 Å².